The van der Waals surface area contributed by atoms with Crippen molar-refractivity contribution in [2.24, 2.45) is 0 Å². The van der Waals surface area contributed by atoms with Crippen LogP contribution < -0.4 is 0 Å². The molecule has 23 heavy (non-hydrogen) atoms. The lowest BCUT2D eigenvalue weighted by Crippen LogP contribution is -2.40. The van der Waals surface area contributed by atoms with Crippen LogP contribution in [-0.2, 0) is 12.1 Å². The van der Waals surface area contributed by atoms with Crippen LogP contribution in [0.4, 0.5) is 8.78 Å². The average molecular weight is 320 g/mol. The SMILES string of the molecule is C[C@@H](n1cnnn1)[C@](O)(Cn1ccnc1)c1ccc(F)cc1F. The Morgan fingerprint density at radius 3 is 2.74 bits per heavy atom. The summed E-state index contributed by atoms with van der Waals surface area (Å²) in [6.07, 6.45) is 6.01. The summed E-state index contributed by atoms with van der Waals surface area (Å²) in [4.78, 5) is 3.91. The van der Waals surface area contributed by atoms with Crippen LogP contribution in [0.25, 0.3) is 0 Å². The molecular formula is C14H14F2N6O. The first kappa shape index (κ1) is 15.2. The van der Waals surface area contributed by atoms with Gasteiger partial charge in [0.25, 0.3) is 0 Å². The number of aromatic nitrogens is 6. The summed E-state index contributed by atoms with van der Waals surface area (Å²) in [5, 5.41) is 22.1. The Labute approximate surface area is 130 Å². The van der Waals surface area contributed by atoms with E-state index >= 15 is 0 Å². The molecule has 0 fully saturated rings. The molecule has 3 aromatic rings. The minimum absolute atomic E-state index is 0.00339. The normalized spacial score (nSPS) is 15.3. The van der Waals surface area contributed by atoms with Crippen LogP contribution in [-0.4, -0.2) is 34.9 Å². The van der Waals surface area contributed by atoms with E-state index in [4.69, 9.17) is 0 Å². The van der Waals surface area contributed by atoms with Gasteiger partial charge in [-0.05, 0) is 23.4 Å². The van der Waals surface area contributed by atoms with Crippen molar-refractivity contribution < 1.29 is 13.9 Å². The summed E-state index contributed by atoms with van der Waals surface area (Å²) < 4.78 is 30.4. The largest absolute Gasteiger partial charge is 0.381 e. The van der Waals surface area contributed by atoms with E-state index in [9.17, 15) is 13.9 Å². The Bertz CT molecular complexity index is 777. The number of imidazole rings is 1. The van der Waals surface area contributed by atoms with Crippen LogP contribution in [0, 0.1) is 11.6 Å². The molecule has 2 atom stereocenters. The van der Waals surface area contributed by atoms with Crippen LogP contribution in [0.5, 0.6) is 0 Å². The smallest absolute Gasteiger partial charge is 0.138 e. The number of rotatable bonds is 5. The van der Waals surface area contributed by atoms with E-state index < -0.39 is 23.3 Å². The fourth-order valence-electron chi connectivity index (χ4n) is 2.51. The number of halogens is 2. The molecule has 0 spiro atoms. The zero-order valence-corrected chi connectivity index (χ0v) is 12.2. The van der Waals surface area contributed by atoms with Gasteiger partial charge in [0.05, 0.1) is 18.9 Å². The van der Waals surface area contributed by atoms with Gasteiger partial charge in [0.1, 0.15) is 23.6 Å². The second kappa shape index (κ2) is 5.84. The third-order valence-corrected chi connectivity index (χ3v) is 3.83. The molecule has 2 aromatic heterocycles. The molecule has 1 aromatic carbocycles. The highest BCUT2D eigenvalue weighted by Gasteiger charge is 2.40. The van der Waals surface area contributed by atoms with Gasteiger partial charge in [-0.3, -0.25) is 0 Å². The van der Waals surface area contributed by atoms with Crippen molar-refractivity contribution in [3.8, 4) is 0 Å². The Kier molecular flexibility index (Phi) is 3.87. The number of nitrogens with zero attached hydrogens (tertiary/aromatic N) is 6. The van der Waals surface area contributed by atoms with E-state index in [1.807, 2.05) is 0 Å². The summed E-state index contributed by atoms with van der Waals surface area (Å²) in [6.45, 7) is 1.65. The van der Waals surface area contributed by atoms with Gasteiger partial charge in [-0.1, -0.05) is 6.07 Å². The van der Waals surface area contributed by atoms with Crippen molar-refractivity contribution in [2.75, 3.05) is 0 Å². The van der Waals surface area contributed by atoms with Crippen LogP contribution in [0.2, 0.25) is 0 Å². The summed E-state index contributed by atoms with van der Waals surface area (Å²) in [5.41, 5.74) is -1.76. The molecule has 120 valence electrons. The predicted octanol–water partition coefficient (Wildman–Crippen LogP) is 1.30. The molecule has 0 saturated heterocycles. The lowest BCUT2D eigenvalue weighted by Gasteiger charge is -2.34. The van der Waals surface area contributed by atoms with Crippen LogP contribution in [0.1, 0.15) is 18.5 Å². The number of aliphatic hydroxyl groups is 1. The quantitative estimate of drug-likeness (QED) is 0.766. The molecule has 0 aliphatic rings. The van der Waals surface area contributed by atoms with Crippen LogP contribution in [0.3, 0.4) is 0 Å². The monoisotopic (exact) mass is 320 g/mol. The molecule has 0 aliphatic carbocycles. The number of hydrogen-bond acceptors (Lipinski definition) is 5. The topological polar surface area (TPSA) is 81.6 Å². The second-order valence-corrected chi connectivity index (χ2v) is 5.25. The minimum Gasteiger partial charge on any atom is -0.381 e. The Morgan fingerprint density at radius 1 is 1.30 bits per heavy atom. The maximum Gasteiger partial charge on any atom is 0.138 e. The van der Waals surface area contributed by atoms with Gasteiger partial charge in [-0.25, -0.2) is 18.4 Å². The average Bonchev–Trinajstić information content (AvgIpc) is 3.19. The van der Waals surface area contributed by atoms with Crippen molar-refractivity contribution in [3.63, 3.8) is 0 Å². The molecule has 7 nitrogen and oxygen atoms in total. The highest BCUT2D eigenvalue weighted by Crippen LogP contribution is 2.36. The highest BCUT2D eigenvalue weighted by molar-refractivity contribution is 5.26. The van der Waals surface area contributed by atoms with Gasteiger partial charge in [0, 0.05) is 24.0 Å². The number of hydrogen-bond donors (Lipinski definition) is 1. The summed E-state index contributed by atoms with van der Waals surface area (Å²) >= 11 is 0. The lowest BCUT2D eigenvalue weighted by atomic mass is 9.86. The van der Waals surface area contributed by atoms with E-state index in [-0.39, 0.29) is 12.1 Å². The first-order valence-corrected chi connectivity index (χ1v) is 6.87. The first-order valence-electron chi connectivity index (χ1n) is 6.87. The summed E-state index contributed by atoms with van der Waals surface area (Å²) in [6, 6.07) is 2.35. The van der Waals surface area contributed by atoms with Gasteiger partial charge in [0.15, 0.2) is 0 Å². The zero-order chi connectivity index (χ0) is 16.4. The Balaban J connectivity index is 2.08. The fourth-order valence-corrected chi connectivity index (χ4v) is 2.51. The van der Waals surface area contributed by atoms with Gasteiger partial charge in [-0.2, -0.15) is 0 Å². The Morgan fingerprint density at radius 2 is 2.13 bits per heavy atom. The molecule has 0 saturated carbocycles. The standard InChI is InChI=1S/C14H14F2N6O/c1-10(22-9-18-19-20-22)14(23,7-21-5-4-17-8-21)12-3-2-11(15)6-13(12)16/h2-6,8-10,23H,7H2,1H3/t10-,14-/m1/s1. The van der Waals surface area contributed by atoms with Crippen molar-refractivity contribution >= 4 is 0 Å². The third-order valence-electron chi connectivity index (χ3n) is 3.83. The van der Waals surface area contributed by atoms with Crippen molar-refractivity contribution in [1.82, 2.24) is 29.8 Å². The first-order chi connectivity index (χ1) is 11.0. The highest BCUT2D eigenvalue weighted by atomic mass is 19.1. The number of tetrazole rings is 1. The molecule has 0 unspecified atom stereocenters. The maximum absolute atomic E-state index is 14.3. The van der Waals surface area contributed by atoms with Crippen molar-refractivity contribution in [2.45, 2.75) is 25.1 Å². The van der Waals surface area contributed by atoms with E-state index in [1.54, 1.807) is 23.9 Å². The zero-order valence-electron chi connectivity index (χ0n) is 12.2. The van der Waals surface area contributed by atoms with Gasteiger partial charge < -0.3 is 9.67 Å². The molecule has 2 heterocycles. The Hall–Kier alpha value is -2.68. The molecule has 0 radical (unpaired) electrons. The maximum atomic E-state index is 14.3. The summed E-state index contributed by atoms with van der Waals surface area (Å²) in [7, 11) is 0. The molecule has 0 aliphatic heterocycles. The molecule has 3 rings (SSSR count). The summed E-state index contributed by atoms with van der Waals surface area (Å²) in [5.74, 6) is -1.56. The second-order valence-electron chi connectivity index (χ2n) is 5.25. The fraction of sp³-hybridized carbons (Fsp3) is 0.286. The molecule has 0 amide bonds. The van der Waals surface area contributed by atoms with E-state index in [1.165, 1.54) is 23.4 Å². The van der Waals surface area contributed by atoms with Crippen molar-refractivity contribution in [1.29, 1.82) is 0 Å². The third kappa shape index (κ3) is 2.82. The van der Waals surface area contributed by atoms with E-state index in [2.05, 4.69) is 20.5 Å². The predicted molar refractivity (Wildman–Crippen MR) is 75.0 cm³/mol. The molecular weight excluding hydrogens is 306 g/mol. The van der Waals surface area contributed by atoms with Gasteiger partial charge >= 0.3 is 0 Å². The molecule has 9 heteroatoms. The van der Waals surface area contributed by atoms with Gasteiger partial charge in [0.2, 0.25) is 0 Å². The minimum atomic E-state index is -1.71. The van der Waals surface area contributed by atoms with Crippen LogP contribution >= 0.6 is 0 Å². The lowest BCUT2D eigenvalue weighted by molar-refractivity contribution is -0.0347. The number of benzene rings is 1. The molecule has 1 N–H and O–H groups in total. The van der Waals surface area contributed by atoms with E-state index in [0.717, 1.165) is 12.1 Å². The van der Waals surface area contributed by atoms with Crippen molar-refractivity contribution in [3.05, 3.63) is 60.4 Å². The molecule has 0 bridgehead atoms. The van der Waals surface area contributed by atoms with Crippen LogP contribution in [0.15, 0.2) is 43.2 Å². The van der Waals surface area contributed by atoms with E-state index in [0.29, 0.717) is 0 Å². The van der Waals surface area contributed by atoms with Gasteiger partial charge in [-0.15, -0.1) is 5.10 Å².